The van der Waals surface area contributed by atoms with E-state index < -0.39 is 0 Å². The van der Waals surface area contributed by atoms with Crippen LogP contribution in [0.15, 0.2) is 28.7 Å². The van der Waals surface area contributed by atoms with E-state index in [0.29, 0.717) is 37.1 Å². The molecule has 2 aromatic rings. The summed E-state index contributed by atoms with van der Waals surface area (Å²) in [6.07, 6.45) is 1.82. The molecule has 1 aliphatic rings. The molecular weight excluding hydrogens is 294 g/mol. The summed E-state index contributed by atoms with van der Waals surface area (Å²) in [5.74, 6) is 1.42. The zero-order valence-electron chi connectivity index (χ0n) is 13.2. The molecule has 23 heavy (non-hydrogen) atoms. The summed E-state index contributed by atoms with van der Waals surface area (Å²) in [6.45, 7) is 4.24. The fraction of sp³-hybridized carbons (Fsp3) is 0.471. The van der Waals surface area contributed by atoms with Crippen molar-refractivity contribution in [2.45, 2.75) is 26.2 Å². The molecule has 1 N–H and O–H groups in total. The van der Waals surface area contributed by atoms with Gasteiger partial charge in [-0.2, -0.15) is 0 Å². The van der Waals surface area contributed by atoms with E-state index in [2.05, 4.69) is 15.5 Å². The Labute approximate surface area is 135 Å². The highest BCUT2D eigenvalue weighted by molar-refractivity contribution is 5.76. The van der Waals surface area contributed by atoms with Crippen LogP contribution in [-0.2, 0) is 16.0 Å². The van der Waals surface area contributed by atoms with Crippen LogP contribution in [0.1, 0.15) is 24.3 Å². The second-order valence-corrected chi connectivity index (χ2v) is 5.90. The summed E-state index contributed by atoms with van der Waals surface area (Å²) in [5.41, 5.74) is 2.07. The van der Waals surface area contributed by atoms with E-state index >= 15 is 0 Å². The number of ether oxygens (including phenoxy) is 1. The maximum Gasteiger partial charge on any atom is 0.247 e. The van der Waals surface area contributed by atoms with E-state index in [1.54, 1.807) is 0 Å². The first-order valence-corrected chi connectivity index (χ1v) is 7.94. The summed E-state index contributed by atoms with van der Waals surface area (Å²) in [7, 11) is 0. The molecule has 0 unspecified atom stereocenters. The normalized spacial score (nSPS) is 17.3. The number of aromatic nitrogens is 2. The topological polar surface area (TPSA) is 77.2 Å². The van der Waals surface area contributed by atoms with Crippen molar-refractivity contribution in [2.75, 3.05) is 19.8 Å². The van der Waals surface area contributed by atoms with Crippen LogP contribution in [0.2, 0.25) is 0 Å². The standard InChI is InChI=1S/C17H21N3O3/c1-12-2-4-14(5-3-12)17-20-19-16(23-17)7-6-15(21)18-10-13-8-9-22-11-13/h2-5,13H,6-11H2,1H3,(H,18,21)/t13-/m1/s1. The molecule has 1 aromatic heterocycles. The summed E-state index contributed by atoms with van der Waals surface area (Å²) in [6, 6.07) is 7.89. The fourth-order valence-corrected chi connectivity index (χ4v) is 2.48. The van der Waals surface area contributed by atoms with Crippen LogP contribution in [0.3, 0.4) is 0 Å². The molecule has 1 aromatic carbocycles. The van der Waals surface area contributed by atoms with Crippen LogP contribution in [0.5, 0.6) is 0 Å². The van der Waals surface area contributed by atoms with Crippen molar-refractivity contribution in [3.8, 4) is 11.5 Å². The number of carbonyl (C=O) groups excluding carboxylic acids is 1. The molecule has 0 aliphatic carbocycles. The van der Waals surface area contributed by atoms with Gasteiger partial charge in [-0.1, -0.05) is 17.7 Å². The van der Waals surface area contributed by atoms with Gasteiger partial charge < -0.3 is 14.5 Å². The van der Waals surface area contributed by atoms with Gasteiger partial charge >= 0.3 is 0 Å². The number of hydrogen-bond acceptors (Lipinski definition) is 5. The van der Waals surface area contributed by atoms with Crippen LogP contribution in [0.25, 0.3) is 11.5 Å². The number of benzene rings is 1. The molecule has 3 rings (SSSR count). The number of amides is 1. The first-order chi connectivity index (χ1) is 11.2. The Bertz CT molecular complexity index is 645. The van der Waals surface area contributed by atoms with Gasteiger partial charge in [-0.3, -0.25) is 4.79 Å². The number of carbonyl (C=O) groups is 1. The Hall–Kier alpha value is -2.21. The van der Waals surface area contributed by atoms with E-state index in [4.69, 9.17) is 9.15 Å². The Morgan fingerprint density at radius 1 is 1.30 bits per heavy atom. The molecule has 0 bridgehead atoms. The molecule has 6 nitrogen and oxygen atoms in total. The van der Waals surface area contributed by atoms with Crippen molar-refractivity contribution in [1.29, 1.82) is 0 Å². The third-order valence-electron chi connectivity index (χ3n) is 3.94. The average molecular weight is 315 g/mol. The van der Waals surface area contributed by atoms with Crippen LogP contribution in [0.4, 0.5) is 0 Å². The molecule has 2 heterocycles. The Kier molecular flexibility index (Phi) is 5.02. The van der Waals surface area contributed by atoms with Crippen molar-refractivity contribution >= 4 is 5.91 Å². The van der Waals surface area contributed by atoms with Gasteiger partial charge in [0.1, 0.15) is 0 Å². The van der Waals surface area contributed by atoms with E-state index in [1.807, 2.05) is 31.2 Å². The highest BCUT2D eigenvalue weighted by Gasteiger charge is 2.16. The van der Waals surface area contributed by atoms with E-state index in [0.717, 1.165) is 25.2 Å². The lowest BCUT2D eigenvalue weighted by Gasteiger charge is -2.08. The van der Waals surface area contributed by atoms with Crippen LogP contribution in [-0.4, -0.2) is 35.9 Å². The van der Waals surface area contributed by atoms with Crippen LogP contribution in [0, 0.1) is 12.8 Å². The Balaban J connectivity index is 1.47. The smallest absolute Gasteiger partial charge is 0.247 e. The fourth-order valence-electron chi connectivity index (χ4n) is 2.48. The quantitative estimate of drug-likeness (QED) is 0.883. The van der Waals surface area contributed by atoms with Crippen LogP contribution >= 0.6 is 0 Å². The minimum Gasteiger partial charge on any atom is -0.421 e. The van der Waals surface area contributed by atoms with Crippen LogP contribution < -0.4 is 5.32 Å². The van der Waals surface area contributed by atoms with Gasteiger partial charge in [0.25, 0.3) is 0 Å². The third kappa shape index (κ3) is 4.39. The molecule has 1 fully saturated rings. The van der Waals surface area contributed by atoms with E-state index in [1.165, 1.54) is 5.56 Å². The second kappa shape index (κ2) is 7.37. The van der Waals surface area contributed by atoms with Crippen molar-refractivity contribution in [2.24, 2.45) is 5.92 Å². The predicted octanol–water partition coefficient (Wildman–Crippen LogP) is 2.13. The van der Waals surface area contributed by atoms with E-state index in [9.17, 15) is 4.79 Å². The molecule has 1 saturated heterocycles. The van der Waals surface area contributed by atoms with Gasteiger partial charge in [-0.15, -0.1) is 10.2 Å². The minimum absolute atomic E-state index is 0.00647. The lowest BCUT2D eigenvalue weighted by Crippen LogP contribution is -2.29. The number of hydrogen-bond donors (Lipinski definition) is 1. The van der Waals surface area contributed by atoms with E-state index in [-0.39, 0.29) is 5.91 Å². The Morgan fingerprint density at radius 2 is 2.13 bits per heavy atom. The molecule has 6 heteroatoms. The van der Waals surface area contributed by atoms with Crippen molar-refractivity contribution in [3.63, 3.8) is 0 Å². The third-order valence-corrected chi connectivity index (χ3v) is 3.94. The summed E-state index contributed by atoms with van der Waals surface area (Å²) in [5, 5.41) is 11.0. The molecule has 0 radical (unpaired) electrons. The van der Waals surface area contributed by atoms with Gasteiger partial charge in [0.2, 0.25) is 17.7 Å². The predicted molar refractivity (Wildman–Crippen MR) is 84.7 cm³/mol. The number of rotatable bonds is 6. The monoisotopic (exact) mass is 315 g/mol. The van der Waals surface area contributed by atoms with Gasteiger partial charge in [-0.25, -0.2) is 0 Å². The zero-order valence-corrected chi connectivity index (χ0v) is 13.2. The molecule has 0 spiro atoms. The second-order valence-electron chi connectivity index (χ2n) is 5.90. The summed E-state index contributed by atoms with van der Waals surface area (Å²) in [4.78, 5) is 11.8. The van der Waals surface area contributed by atoms with Crippen molar-refractivity contribution in [1.82, 2.24) is 15.5 Å². The molecule has 1 amide bonds. The maximum atomic E-state index is 11.8. The van der Waals surface area contributed by atoms with Gasteiger partial charge in [-0.05, 0) is 25.5 Å². The van der Waals surface area contributed by atoms with Gasteiger partial charge in [0.05, 0.1) is 6.61 Å². The molecule has 1 aliphatic heterocycles. The SMILES string of the molecule is Cc1ccc(-c2nnc(CCC(=O)NC[C@H]3CCOC3)o2)cc1. The molecule has 0 saturated carbocycles. The number of nitrogens with one attached hydrogen (secondary N) is 1. The molecule has 1 atom stereocenters. The lowest BCUT2D eigenvalue weighted by molar-refractivity contribution is -0.121. The number of nitrogens with zero attached hydrogens (tertiary/aromatic N) is 2. The first-order valence-electron chi connectivity index (χ1n) is 7.94. The zero-order chi connectivity index (χ0) is 16.1. The lowest BCUT2D eigenvalue weighted by atomic mass is 10.1. The highest BCUT2D eigenvalue weighted by atomic mass is 16.5. The average Bonchev–Trinajstić information content (AvgIpc) is 3.23. The first kappa shape index (κ1) is 15.7. The largest absolute Gasteiger partial charge is 0.421 e. The van der Waals surface area contributed by atoms with Gasteiger partial charge in [0, 0.05) is 37.5 Å². The highest BCUT2D eigenvalue weighted by Crippen LogP contribution is 2.18. The molecular formula is C17H21N3O3. The molecule has 122 valence electrons. The maximum absolute atomic E-state index is 11.8. The number of aryl methyl sites for hydroxylation is 2. The van der Waals surface area contributed by atoms with Crippen molar-refractivity contribution < 1.29 is 13.9 Å². The summed E-state index contributed by atoms with van der Waals surface area (Å²) >= 11 is 0. The van der Waals surface area contributed by atoms with Gasteiger partial charge in [0.15, 0.2) is 0 Å². The Morgan fingerprint density at radius 3 is 2.87 bits per heavy atom. The minimum atomic E-state index is 0.00647. The van der Waals surface area contributed by atoms with Crippen molar-refractivity contribution in [3.05, 3.63) is 35.7 Å². The summed E-state index contributed by atoms with van der Waals surface area (Å²) < 4.78 is 10.9.